The van der Waals surface area contributed by atoms with Crippen LogP contribution < -0.4 is 5.32 Å². The number of nitro benzene ring substituents is 1. The van der Waals surface area contributed by atoms with Gasteiger partial charge in [0.05, 0.1) is 21.4 Å². The number of nitro groups is 1. The predicted octanol–water partition coefficient (Wildman–Crippen LogP) is 1.50. The van der Waals surface area contributed by atoms with E-state index in [2.05, 4.69) is 10.3 Å². The van der Waals surface area contributed by atoms with Gasteiger partial charge < -0.3 is 10.4 Å². The number of aromatic nitrogens is 1. The second kappa shape index (κ2) is 6.27. The van der Waals surface area contributed by atoms with Crippen molar-refractivity contribution in [2.45, 2.75) is 6.92 Å². The lowest BCUT2D eigenvalue weighted by Crippen LogP contribution is -2.29. The minimum atomic E-state index is -0.500. The molecule has 2 rings (SSSR count). The molecule has 2 aromatic rings. The first-order chi connectivity index (χ1) is 10.0. The molecule has 7 heteroatoms. The van der Waals surface area contributed by atoms with Gasteiger partial charge in [-0.3, -0.25) is 19.9 Å². The van der Waals surface area contributed by atoms with E-state index >= 15 is 0 Å². The number of nitrogens with zero attached hydrogens (tertiary/aromatic N) is 2. The number of aliphatic hydroxyl groups is 1. The van der Waals surface area contributed by atoms with Crippen LogP contribution in [0.15, 0.2) is 30.5 Å². The Hall–Kier alpha value is -2.54. The summed E-state index contributed by atoms with van der Waals surface area (Å²) < 4.78 is 0. The molecule has 1 aromatic carbocycles. The highest BCUT2D eigenvalue weighted by atomic mass is 16.6. The predicted molar refractivity (Wildman–Crippen MR) is 77.0 cm³/mol. The van der Waals surface area contributed by atoms with Crippen molar-refractivity contribution < 1.29 is 14.8 Å². The van der Waals surface area contributed by atoms with E-state index in [1.165, 1.54) is 18.3 Å². The minimum absolute atomic E-state index is 0.0282. The lowest BCUT2D eigenvalue weighted by molar-refractivity contribution is -0.383. The third kappa shape index (κ3) is 3.14. The molecule has 0 saturated heterocycles. The van der Waals surface area contributed by atoms with E-state index in [-0.39, 0.29) is 29.7 Å². The van der Waals surface area contributed by atoms with Crippen LogP contribution in [0.1, 0.15) is 17.3 Å². The van der Waals surface area contributed by atoms with Crippen LogP contribution in [0, 0.1) is 16.0 Å². The standard InChI is InChI=1S/C14H15N3O4/c1-9(8-18)7-16-14(19)11-4-5-12(17(20)21)10-3-2-6-15-13(10)11/h2-6,9,18H,7-8H2,1H3,(H,16,19). The molecule has 7 nitrogen and oxygen atoms in total. The third-order valence-electron chi connectivity index (χ3n) is 3.11. The molecule has 0 radical (unpaired) electrons. The molecule has 0 bridgehead atoms. The average Bonchev–Trinajstić information content (AvgIpc) is 2.50. The third-order valence-corrected chi connectivity index (χ3v) is 3.11. The molecule has 1 aromatic heterocycles. The number of non-ortho nitro benzene ring substituents is 1. The van der Waals surface area contributed by atoms with Crippen LogP contribution in [0.4, 0.5) is 5.69 Å². The first-order valence-corrected chi connectivity index (χ1v) is 6.45. The fourth-order valence-corrected chi connectivity index (χ4v) is 1.93. The van der Waals surface area contributed by atoms with E-state index in [0.717, 1.165) is 0 Å². The molecule has 0 aliphatic carbocycles. The number of aliphatic hydroxyl groups excluding tert-OH is 1. The fraction of sp³-hybridized carbons (Fsp3) is 0.286. The number of carbonyl (C=O) groups is 1. The lowest BCUT2D eigenvalue weighted by Gasteiger charge is -2.10. The number of benzene rings is 1. The largest absolute Gasteiger partial charge is 0.396 e. The zero-order valence-electron chi connectivity index (χ0n) is 11.4. The fourth-order valence-electron chi connectivity index (χ4n) is 1.93. The van der Waals surface area contributed by atoms with Gasteiger partial charge in [0.25, 0.3) is 11.6 Å². The van der Waals surface area contributed by atoms with Crippen LogP contribution in [0.2, 0.25) is 0 Å². The van der Waals surface area contributed by atoms with Gasteiger partial charge in [-0.1, -0.05) is 6.92 Å². The van der Waals surface area contributed by atoms with E-state index in [9.17, 15) is 14.9 Å². The molecule has 0 aliphatic heterocycles. The number of rotatable bonds is 5. The molecule has 21 heavy (non-hydrogen) atoms. The number of amides is 1. The van der Waals surface area contributed by atoms with Crippen molar-refractivity contribution >= 4 is 22.5 Å². The highest BCUT2D eigenvalue weighted by Crippen LogP contribution is 2.26. The molecule has 1 amide bonds. The quantitative estimate of drug-likeness (QED) is 0.641. The van der Waals surface area contributed by atoms with Crippen LogP contribution >= 0.6 is 0 Å². The van der Waals surface area contributed by atoms with Gasteiger partial charge in [-0.25, -0.2) is 0 Å². The molecule has 0 spiro atoms. The van der Waals surface area contributed by atoms with Crippen molar-refractivity contribution in [2.24, 2.45) is 5.92 Å². The number of hydrogen-bond acceptors (Lipinski definition) is 5. The van der Waals surface area contributed by atoms with Gasteiger partial charge in [-0.2, -0.15) is 0 Å². The minimum Gasteiger partial charge on any atom is -0.396 e. The second-order valence-electron chi connectivity index (χ2n) is 4.79. The maximum Gasteiger partial charge on any atom is 0.278 e. The smallest absolute Gasteiger partial charge is 0.278 e. The molecule has 0 fully saturated rings. The SMILES string of the molecule is CC(CO)CNC(=O)c1ccc([N+](=O)[O-])c2cccnc12. The summed E-state index contributed by atoms with van der Waals surface area (Å²) in [5.74, 6) is -0.430. The summed E-state index contributed by atoms with van der Waals surface area (Å²) in [4.78, 5) is 26.7. The van der Waals surface area contributed by atoms with Gasteiger partial charge in [-0.05, 0) is 24.1 Å². The van der Waals surface area contributed by atoms with Crippen molar-refractivity contribution in [1.29, 1.82) is 0 Å². The topological polar surface area (TPSA) is 105 Å². The molecule has 0 saturated carbocycles. The van der Waals surface area contributed by atoms with Crippen LogP contribution in [0.3, 0.4) is 0 Å². The molecule has 1 heterocycles. The van der Waals surface area contributed by atoms with Crippen LogP contribution in [-0.2, 0) is 0 Å². The summed E-state index contributed by atoms with van der Waals surface area (Å²) in [6.45, 7) is 2.09. The number of carbonyl (C=O) groups excluding carboxylic acids is 1. The first kappa shape index (κ1) is 14.9. The van der Waals surface area contributed by atoms with Crippen molar-refractivity contribution in [3.05, 3.63) is 46.1 Å². The zero-order valence-corrected chi connectivity index (χ0v) is 11.4. The van der Waals surface area contributed by atoms with Crippen molar-refractivity contribution in [2.75, 3.05) is 13.2 Å². The number of hydrogen-bond donors (Lipinski definition) is 2. The Morgan fingerprint density at radius 2 is 2.24 bits per heavy atom. The number of pyridine rings is 1. The van der Waals surface area contributed by atoms with Gasteiger partial charge in [0.15, 0.2) is 0 Å². The maximum atomic E-state index is 12.2. The Labute approximate surface area is 120 Å². The van der Waals surface area contributed by atoms with E-state index in [4.69, 9.17) is 5.11 Å². The Morgan fingerprint density at radius 1 is 1.48 bits per heavy atom. The van der Waals surface area contributed by atoms with Gasteiger partial charge in [0.1, 0.15) is 0 Å². The molecule has 0 aliphatic rings. The average molecular weight is 289 g/mol. The van der Waals surface area contributed by atoms with Gasteiger partial charge >= 0.3 is 0 Å². The molecular weight excluding hydrogens is 274 g/mol. The Balaban J connectivity index is 2.39. The molecule has 110 valence electrons. The molecular formula is C14H15N3O4. The van der Waals surface area contributed by atoms with Gasteiger partial charge in [0.2, 0.25) is 0 Å². The summed E-state index contributed by atoms with van der Waals surface area (Å²) in [6.07, 6.45) is 1.49. The zero-order chi connectivity index (χ0) is 15.4. The molecule has 1 unspecified atom stereocenters. The first-order valence-electron chi connectivity index (χ1n) is 6.45. The summed E-state index contributed by atoms with van der Waals surface area (Å²) in [7, 11) is 0. The van der Waals surface area contributed by atoms with E-state index in [1.807, 2.05) is 0 Å². The van der Waals surface area contributed by atoms with E-state index < -0.39 is 4.92 Å². The van der Waals surface area contributed by atoms with Crippen LogP contribution in [-0.4, -0.2) is 34.1 Å². The monoisotopic (exact) mass is 289 g/mol. The highest BCUT2D eigenvalue weighted by Gasteiger charge is 2.18. The van der Waals surface area contributed by atoms with Gasteiger partial charge in [0, 0.05) is 25.4 Å². The van der Waals surface area contributed by atoms with E-state index in [0.29, 0.717) is 17.4 Å². The maximum absolute atomic E-state index is 12.2. The summed E-state index contributed by atoms with van der Waals surface area (Å²) in [6, 6.07) is 5.85. The molecule has 1 atom stereocenters. The number of fused-ring (bicyclic) bond motifs is 1. The Bertz CT molecular complexity index is 687. The van der Waals surface area contributed by atoms with E-state index in [1.54, 1.807) is 19.1 Å². The van der Waals surface area contributed by atoms with Gasteiger partial charge in [-0.15, -0.1) is 0 Å². The Morgan fingerprint density at radius 3 is 2.90 bits per heavy atom. The molecule has 2 N–H and O–H groups in total. The van der Waals surface area contributed by atoms with Crippen LogP contribution in [0.5, 0.6) is 0 Å². The van der Waals surface area contributed by atoms with Crippen molar-refractivity contribution in [1.82, 2.24) is 10.3 Å². The summed E-state index contributed by atoms with van der Waals surface area (Å²) in [5, 5.41) is 23.0. The van der Waals surface area contributed by atoms with Crippen molar-refractivity contribution in [3.63, 3.8) is 0 Å². The summed E-state index contributed by atoms with van der Waals surface area (Å²) in [5.41, 5.74) is 0.487. The van der Waals surface area contributed by atoms with Crippen molar-refractivity contribution in [3.8, 4) is 0 Å². The summed E-state index contributed by atoms with van der Waals surface area (Å²) >= 11 is 0. The number of nitrogens with one attached hydrogen (secondary N) is 1. The lowest BCUT2D eigenvalue weighted by atomic mass is 10.1. The van der Waals surface area contributed by atoms with Crippen LogP contribution in [0.25, 0.3) is 10.9 Å². The highest BCUT2D eigenvalue weighted by molar-refractivity contribution is 6.07. The second-order valence-corrected chi connectivity index (χ2v) is 4.79. The Kier molecular flexibility index (Phi) is 4.44. The normalized spacial score (nSPS) is 12.1.